The molecule has 0 amide bonds. The molecule has 5 atom stereocenters. The van der Waals surface area contributed by atoms with Crippen LogP contribution in [0.2, 0.25) is 0 Å². The zero-order chi connectivity index (χ0) is 17.3. The molecule has 1 N–H and O–H groups in total. The molecule has 6 rings (SSSR count). The van der Waals surface area contributed by atoms with Crippen LogP contribution in [-0.4, -0.2) is 22.5 Å². The maximum Gasteiger partial charge on any atom is 0.218 e. The van der Waals surface area contributed by atoms with E-state index in [1.165, 1.54) is 0 Å². The molecule has 1 saturated carbocycles. The van der Waals surface area contributed by atoms with Gasteiger partial charge in [0.25, 0.3) is 0 Å². The van der Waals surface area contributed by atoms with E-state index >= 15 is 0 Å². The lowest BCUT2D eigenvalue weighted by Gasteiger charge is -2.63. The summed E-state index contributed by atoms with van der Waals surface area (Å²) in [6.07, 6.45) is 5.73. The van der Waals surface area contributed by atoms with Gasteiger partial charge in [0.2, 0.25) is 11.7 Å². The number of hydrogen-bond donors (Lipinski definition) is 1. The van der Waals surface area contributed by atoms with Gasteiger partial charge in [-0.1, -0.05) is 6.42 Å². The SMILES string of the molecule is N#C[C@@]12C3=NC(=N)[C@]1(C#N)[C@@H]1CCCC[C@]1(O3)O[C@@H]2c1ccncc1. The van der Waals surface area contributed by atoms with Gasteiger partial charge in [-0.05, 0) is 30.5 Å². The zero-order valence-corrected chi connectivity index (χ0v) is 13.4. The predicted molar refractivity (Wildman–Crippen MR) is 85.1 cm³/mol. The highest BCUT2D eigenvalue weighted by molar-refractivity contribution is 6.12. The number of ether oxygens (including phenoxy) is 2. The van der Waals surface area contributed by atoms with Gasteiger partial charge in [-0.2, -0.15) is 15.5 Å². The summed E-state index contributed by atoms with van der Waals surface area (Å²) in [5.41, 5.74) is -2.00. The van der Waals surface area contributed by atoms with Gasteiger partial charge in [-0.15, -0.1) is 0 Å². The summed E-state index contributed by atoms with van der Waals surface area (Å²) >= 11 is 0. The molecule has 0 aromatic carbocycles. The van der Waals surface area contributed by atoms with E-state index in [1.54, 1.807) is 24.5 Å². The van der Waals surface area contributed by atoms with Crippen molar-refractivity contribution in [1.82, 2.24) is 4.98 Å². The van der Waals surface area contributed by atoms with Crippen LogP contribution in [0, 0.1) is 44.8 Å². The van der Waals surface area contributed by atoms with E-state index < -0.39 is 22.7 Å². The number of aliphatic imine (C=N–C) groups is 1. The molecule has 4 aliphatic heterocycles. The van der Waals surface area contributed by atoms with Crippen LogP contribution in [-0.2, 0) is 9.47 Å². The second-order valence-corrected chi connectivity index (χ2v) is 7.10. The molecule has 4 fully saturated rings. The second kappa shape index (κ2) is 4.44. The minimum Gasteiger partial charge on any atom is -0.447 e. The van der Waals surface area contributed by atoms with Crippen LogP contribution >= 0.6 is 0 Å². The molecule has 7 nitrogen and oxygen atoms in total. The highest BCUT2D eigenvalue weighted by atomic mass is 16.7. The molecule has 0 radical (unpaired) electrons. The summed E-state index contributed by atoms with van der Waals surface area (Å²) in [5.74, 6) is -1.24. The number of nitrogens with zero attached hydrogens (tertiary/aromatic N) is 4. The third kappa shape index (κ3) is 1.35. The summed E-state index contributed by atoms with van der Waals surface area (Å²) < 4.78 is 12.5. The van der Waals surface area contributed by atoms with E-state index in [4.69, 9.17) is 14.9 Å². The molecule has 124 valence electrons. The van der Waals surface area contributed by atoms with Crippen LogP contribution in [0.4, 0.5) is 0 Å². The Morgan fingerprint density at radius 3 is 2.64 bits per heavy atom. The van der Waals surface area contributed by atoms with E-state index in [2.05, 4.69) is 22.1 Å². The van der Waals surface area contributed by atoms with Crippen molar-refractivity contribution in [3.8, 4) is 12.1 Å². The van der Waals surface area contributed by atoms with Gasteiger partial charge >= 0.3 is 0 Å². The highest BCUT2D eigenvalue weighted by Gasteiger charge is 2.83. The molecule has 1 aliphatic carbocycles. The van der Waals surface area contributed by atoms with E-state index in [0.29, 0.717) is 12.8 Å². The minimum absolute atomic E-state index is 0.0670. The fourth-order valence-corrected chi connectivity index (χ4v) is 5.16. The molecule has 5 heterocycles. The van der Waals surface area contributed by atoms with Gasteiger partial charge in [0.15, 0.2) is 10.8 Å². The molecule has 7 heteroatoms. The Bertz CT molecular complexity index is 900. The Kier molecular flexibility index (Phi) is 2.59. The maximum absolute atomic E-state index is 10.2. The smallest absolute Gasteiger partial charge is 0.218 e. The normalized spacial score (nSPS) is 43.4. The van der Waals surface area contributed by atoms with Crippen LogP contribution in [0.1, 0.15) is 37.4 Å². The first-order valence-electron chi connectivity index (χ1n) is 8.42. The topological polar surface area (TPSA) is 115 Å². The van der Waals surface area contributed by atoms with Gasteiger partial charge in [-0.25, -0.2) is 0 Å². The molecular formula is C18H15N5O2. The van der Waals surface area contributed by atoms with Gasteiger partial charge in [0.1, 0.15) is 11.9 Å². The molecule has 1 spiro atoms. The second-order valence-electron chi connectivity index (χ2n) is 7.10. The molecule has 0 unspecified atom stereocenters. The average molecular weight is 333 g/mol. The molecular weight excluding hydrogens is 318 g/mol. The quantitative estimate of drug-likeness (QED) is 0.847. The van der Waals surface area contributed by atoms with E-state index in [1.807, 2.05) is 0 Å². The zero-order valence-electron chi connectivity index (χ0n) is 13.4. The van der Waals surface area contributed by atoms with Gasteiger partial charge in [0, 0.05) is 18.8 Å². The maximum atomic E-state index is 10.2. The number of nitriles is 2. The Morgan fingerprint density at radius 1 is 1.16 bits per heavy atom. The number of amidine groups is 1. The van der Waals surface area contributed by atoms with Crippen molar-refractivity contribution in [3.05, 3.63) is 30.1 Å². The lowest BCUT2D eigenvalue weighted by molar-refractivity contribution is -0.355. The van der Waals surface area contributed by atoms with Crippen molar-refractivity contribution in [1.29, 1.82) is 15.9 Å². The standard InChI is InChI=1S/C18H15N5O2/c19-9-16-12-3-1-2-6-18(12)24-13(11-4-7-22-8-5-11)17(16,10-20)15(25-18)23-14(16)21/h4-5,7-8,12-13,21H,1-3,6H2/t12-,13+,16-,17+,18+/m0/s1. The molecule has 25 heavy (non-hydrogen) atoms. The summed E-state index contributed by atoms with van der Waals surface area (Å²) in [5, 5.41) is 28.9. The molecule has 1 aromatic rings. The third-order valence-corrected chi connectivity index (χ3v) is 6.21. The van der Waals surface area contributed by atoms with Crippen LogP contribution in [0.15, 0.2) is 29.5 Å². The summed E-state index contributed by atoms with van der Waals surface area (Å²) in [7, 11) is 0. The number of fused-ring (bicyclic) bond motifs is 1. The number of pyridine rings is 1. The van der Waals surface area contributed by atoms with Crippen molar-refractivity contribution in [2.75, 3.05) is 0 Å². The summed E-state index contributed by atoms with van der Waals surface area (Å²) in [4.78, 5) is 8.28. The van der Waals surface area contributed by atoms with Crippen molar-refractivity contribution in [2.45, 2.75) is 37.6 Å². The Morgan fingerprint density at radius 2 is 1.92 bits per heavy atom. The van der Waals surface area contributed by atoms with Crippen LogP contribution in [0.3, 0.4) is 0 Å². The van der Waals surface area contributed by atoms with Crippen LogP contribution < -0.4 is 0 Å². The van der Waals surface area contributed by atoms with Crippen molar-refractivity contribution >= 4 is 11.7 Å². The number of nitrogens with one attached hydrogen (secondary N) is 1. The lowest BCUT2D eigenvalue weighted by Crippen LogP contribution is -2.72. The largest absolute Gasteiger partial charge is 0.447 e. The third-order valence-electron chi connectivity index (χ3n) is 6.21. The van der Waals surface area contributed by atoms with E-state index in [9.17, 15) is 10.5 Å². The van der Waals surface area contributed by atoms with Crippen LogP contribution in [0.25, 0.3) is 0 Å². The summed E-state index contributed by atoms with van der Waals surface area (Å²) in [6, 6.07) is 8.21. The van der Waals surface area contributed by atoms with E-state index in [-0.39, 0.29) is 17.7 Å². The number of hydrogen-bond acceptors (Lipinski definition) is 6. The molecule has 4 bridgehead atoms. The Hall–Kier alpha value is -2.77. The first-order valence-corrected chi connectivity index (χ1v) is 8.42. The van der Waals surface area contributed by atoms with Crippen molar-refractivity contribution in [2.24, 2.45) is 21.7 Å². The van der Waals surface area contributed by atoms with Crippen LogP contribution in [0.5, 0.6) is 0 Å². The fraction of sp³-hybridized carbons (Fsp3) is 0.500. The predicted octanol–water partition coefficient (Wildman–Crippen LogP) is 2.48. The molecule has 5 aliphatic rings. The first-order chi connectivity index (χ1) is 12.1. The fourth-order valence-electron chi connectivity index (χ4n) is 5.16. The Balaban J connectivity index is 1.82. The summed E-state index contributed by atoms with van der Waals surface area (Å²) in [6.45, 7) is 0. The van der Waals surface area contributed by atoms with Crippen molar-refractivity contribution in [3.63, 3.8) is 0 Å². The minimum atomic E-state index is -1.43. The van der Waals surface area contributed by atoms with Gasteiger partial charge < -0.3 is 9.47 Å². The molecule has 1 aromatic heterocycles. The van der Waals surface area contributed by atoms with Gasteiger partial charge in [0.05, 0.1) is 18.1 Å². The van der Waals surface area contributed by atoms with Gasteiger partial charge in [-0.3, -0.25) is 10.4 Å². The van der Waals surface area contributed by atoms with E-state index in [0.717, 1.165) is 18.4 Å². The average Bonchev–Trinajstić information content (AvgIpc) is 2.85. The first kappa shape index (κ1) is 14.6. The Labute approximate surface area is 144 Å². The monoisotopic (exact) mass is 333 g/mol. The van der Waals surface area contributed by atoms with Crippen molar-refractivity contribution < 1.29 is 9.47 Å². The number of aromatic nitrogens is 1. The number of rotatable bonds is 1. The lowest BCUT2D eigenvalue weighted by atomic mass is 9.48. The molecule has 3 saturated heterocycles. The highest BCUT2D eigenvalue weighted by Crippen LogP contribution is 2.72.